The predicted octanol–water partition coefficient (Wildman–Crippen LogP) is 1.49. The second-order valence-corrected chi connectivity index (χ2v) is 3.61. The second kappa shape index (κ2) is 12.6. The van der Waals surface area contributed by atoms with Gasteiger partial charge in [0.05, 0.1) is 0 Å². The first-order valence-electron chi connectivity index (χ1n) is 5.68. The van der Waals surface area contributed by atoms with E-state index in [1.54, 1.807) is 71.6 Å². The average Bonchev–Trinajstić information content (AvgIpc) is 2.55. The first-order chi connectivity index (χ1) is 9.69. The van der Waals surface area contributed by atoms with Crippen molar-refractivity contribution in [2.45, 2.75) is 0 Å². The molecule has 0 unspecified atom stereocenters. The van der Waals surface area contributed by atoms with Gasteiger partial charge in [-0.1, -0.05) is 36.4 Å². The molecular formula is C14H14N2O5V+2. The molecule has 1 radical (unpaired) electrons. The third kappa shape index (κ3) is 7.58. The molecule has 2 aromatic carbocycles. The number of rotatable bonds is 2. The predicted molar refractivity (Wildman–Crippen MR) is 72.1 cm³/mol. The molecule has 0 atom stereocenters. The van der Waals surface area contributed by atoms with E-state index in [1.807, 2.05) is 0 Å². The van der Waals surface area contributed by atoms with Crippen molar-refractivity contribution in [2.24, 2.45) is 0 Å². The van der Waals surface area contributed by atoms with Crippen LogP contribution in [-0.4, -0.2) is 22.2 Å². The Bertz CT molecular complexity index is 500. The fraction of sp³-hybridized carbons (Fsp3) is 0. The van der Waals surface area contributed by atoms with E-state index < -0.39 is 11.8 Å². The molecule has 0 aliphatic carbocycles. The van der Waals surface area contributed by atoms with Crippen LogP contribution in [0.1, 0.15) is 20.7 Å². The zero-order valence-electron chi connectivity index (χ0n) is 11.3. The molecule has 0 saturated carbocycles. The molecule has 0 aliphatic heterocycles. The minimum atomic E-state index is -0.486. The quantitative estimate of drug-likeness (QED) is 0.487. The van der Waals surface area contributed by atoms with Gasteiger partial charge in [-0.25, -0.2) is 11.0 Å². The molecule has 0 aromatic heterocycles. The number of hydrogen-bond acceptors (Lipinski definition) is 4. The molecule has 8 heteroatoms. The molecule has 0 saturated heterocycles. The Morgan fingerprint density at radius 2 is 0.955 bits per heavy atom. The van der Waals surface area contributed by atoms with Crippen LogP contribution >= 0.6 is 0 Å². The van der Waals surface area contributed by atoms with Crippen LogP contribution in [0.3, 0.4) is 0 Å². The van der Waals surface area contributed by atoms with Crippen LogP contribution in [-0.2, 0) is 24.0 Å². The van der Waals surface area contributed by atoms with Gasteiger partial charge in [-0.05, 0) is 24.3 Å². The van der Waals surface area contributed by atoms with Gasteiger partial charge in [-0.2, -0.15) is 0 Å². The van der Waals surface area contributed by atoms with E-state index in [0.29, 0.717) is 11.1 Å². The monoisotopic (exact) mass is 341 g/mol. The molecule has 0 heterocycles. The summed E-state index contributed by atoms with van der Waals surface area (Å²) in [5, 5.41) is 16.4. The molecule has 0 fully saturated rings. The summed E-state index contributed by atoms with van der Waals surface area (Å²) >= 11 is 0. The second-order valence-electron chi connectivity index (χ2n) is 3.61. The van der Waals surface area contributed by atoms with Gasteiger partial charge in [-0.3, -0.25) is 20.0 Å². The van der Waals surface area contributed by atoms with E-state index in [4.69, 9.17) is 10.4 Å². The molecule has 0 aliphatic rings. The van der Waals surface area contributed by atoms with E-state index in [9.17, 15) is 9.59 Å². The summed E-state index contributed by atoms with van der Waals surface area (Å²) in [6, 6.07) is 17.0. The molecule has 113 valence electrons. The maximum Gasteiger partial charge on any atom is 4.00 e. The van der Waals surface area contributed by atoms with Crippen molar-refractivity contribution in [1.82, 2.24) is 11.0 Å². The number of amides is 2. The van der Waals surface area contributed by atoms with Crippen LogP contribution in [0.4, 0.5) is 0 Å². The van der Waals surface area contributed by atoms with Crippen molar-refractivity contribution < 1.29 is 44.0 Å². The van der Waals surface area contributed by atoms with Crippen LogP contribution in [0.25, 0.3) is 0 Å². The Labute approximate surface area is 139 Å². The SMILES string of the molecule is O=C(NO)c1ccccc1.O=C(NO)c1ccccc1.[O-2].[V+4]. The molecule has 7 nitrogen and oxygen atoms in total. The van der Waals surface area contributed by atoms with Crippen molar-refractivity contribution in [2.75, 3.05) is 0 Å². The molecular weight excluding hydrogens is 327 g/mol. The summed E-state index contributed by atoms with van der Waals surface area (Å²) in [4.78, 5) is 21.3. The fourth-order valence-electron chi connectivity index (χ4n) is 1.31. The Hall–Kier alpha value is -2.16. The first-order valence-corrected chi connectivity index (χ1v) is 5.68. The Morgan fingerprint density at radius 3 is 1.18 bits per heavy atom. The standard InChI is InChI=1S/2C7H7NO2.O.V/c2*9-7(8-10)6-4-2-1-3-5-6;;/h2*1-5,10H,(H,8,9);;/q;;-2;+4. The summed E-state index contributed by atoms with van der Waals surface area (Å²) < 4.78 is 0. The third-order valence-electron chi connectivity index (χ3n) is 2.28. The zero-order valence-corrected chi connectivity index (χ0v) is 12.7. The minimum absolute atomic E-state index is 0. The zero-order chi connectivity index (χ0) is 14.8. The third-order valence-corrected chi connectivity index (χ3v) is 2.28. The number of hydroxylamine groups is 2. The van der Waals surface area contributed by atoms with E-state index >= 15 is 0 Å². The van der Waals surface area contributed by atoms with Gasteiger partial charge in [0.2, 0.25) is 0 Å². The normalized spacial score (nSPS) is 8.09. The van der Waals surface area contributed by atoms with Gasteiger partial charge >= 0.3 is 18.6 Å². The summed E-state index contributed by atoms with van der Waals surface area (Å²) in [7, 11) is 0. The largest absolute Gasteiger partial charge is 4.00 e. The average molecular weight is 341 g/mol. The number of carbonyl (C=O) groups is 2. The summed E-state index contributed by atoms with van der Waals surface area (Å²) in [5.41, 5.74) is 3.98. The molecule has 0 spiro atoms. The van der Waals surface area contributed by atoms with Crippen molar-refractivity contribution >= 4 is 11.8 Å². The van der Waals surface area contributed by atoms with E-state index in [2.05, 4.69) is 0 Å². The van der Waals surface area contributed by atoms with Crippen LogP contribution in [0, 0.1) is 0 Å². The van der Waals surface area contributed by atoms with Gasteiger partial charge in [0, 0.05) is 11.1 Å². The number of benzene rings is 2. The fourth-order valence-corrected chi connectivity index (χ4v) is 1.31. The van der Waals surface area contributed by atoms with Crippen molar-refractivity contribution in [3.05, 3.63) is 71.8 Å². The van der Waals surface area contributed by atoms with Gasteiger partial charge in [0.1, 0.15) is 0 Å². The molecule has 2 aromatic rings. The number of hydrogen-bond donors (Lipinski definition) is 4. The van der Waals surface area contributed by atoms with E-state index in [-0.39, 0.29) is 24.0 Å². The number of carbonyl (C=O) groups excluding carboxylic acids is 2. The van der Waals surface area contributed by atoms with Crippen molar-refractivity contribution in [1.29, 1.82) is 0 Å². The van der Waals surface area contributed by atoms with E-state index in [0.717, 1.165) is 0 Å². The van der Waals surface area contributed by atoms with Crippen LogP contribution < -0.4 is 11.0 Å². The first kappa shape index (κ1) is 22.1. The van der Waals surface area contributed by atoms with Crippen LogP contribution in [0.5, 0.6) is 0 Å². The van der Waals surface area contributed by atoms with Gasteiger partial charge < -0.3 is 5.48 Å². The molecule has 4 N–H and O–H groups in total. The van der Waals surface area contributed by atoms with Crippen LogP contribution in [0.15, 0.2) is 60.7 Å². The van der Waals surface area contributed by atoms with Crippen LogP contribution in [0.2, 0.25) is 0 Å². The van der Waals surface area contributed by atoms with E-state index in [1.165, 1.54) is 0 Å². The molecule has 22 heavy (non-hydrogen) atoms. The van der Waals surface area contributed by atoms with Crippen molar-refractivity contribution in [3.63, 3.8) is 0 Å². The topological polar surface area (TPSA) is 127 Å². The Morgan fingerprint density at radius 1 is 0.682 bits per heavy atom. The van der Waals surface area contributed by atoms with Crippen molar-refractivity contribution in [3.8, 4) is 0 Å². The Balaban J connectivity index is 0. The maximum absolute atomic E-state index is 10.7. The van der Waals surface area contributed by atoms with Gasteiger partial charge in [0.25, 0.3) is 11.8 Å². The molecule has 0 bridgehead atoms. The minimum Gasteiger partial charge on any atom is -2.00 e. The smallest absolute Gasteiger partial charge is 2.00 e. The number of nitrogens with one attached hydrogen (secondary N) is 2. The van der Waals surface area contributed by atoms with Gasteiger partial charge in [-0.15, -0.1) is 0 Å². The molecule has 2 rings (SSSR count). The maximum atomic E-state index is 10.7. The summed E-state index contributed by atoms with van der Waals surface area (Å²) in [6.07, 6.45) is 0. The van der Waals surface area contributed by atoms with Gasteiger partial charge in [0.15, 0.2) is 0 Å². The summed E-state index contributed by atoms with van der Waals surface area (Å²) in [5.74, 6) is -0.971. The Kier molecular flexibility index (Phi) is 12.6. The summed E-state index contributed by atoms with van der Waals surface area (Å²) in [6.45, 7) is 0. The molecule has 2 amide bonds.